The van der Waals surface area contributed by atoms with Gasteiger partial charge in [-0.15, -0.1) is 0 Å². The zero-order chi connectivity index (χ0) is 22.1. The Bertz CT molecular complexity index is 975. The summed E-state index contributed by atoms with van der Waals surface area (Å²) in [5.41, 5.74) is 1.76. The normalized spacial score (nSPS) is 12.5. The molecule has 2 aromatic carbocycles. The van der Waals surface area contributed by atoms with Crippen molar-refractivity contribution in [3.8, 4) is 0 Å². The van der Waals surface area contributed by atoms with Gasteiger partial charge in [0.1, 0.15) is 11.7 Å². The lowest BCUT2D eigenvalue weighted by Crippen LogP contribution is -2.55. The summed E-state index contributed by atoms with van der Waals surface area (Å²) >= 11 is 0. The van der Waals surface area contributed by atoms with Crippen LogP contribution in [-0.2, 0) is 17.6 Å². The lowest BCUT2D eigenvalue weighted by molar-refractivity contribution is -0.123. The molecule has 2 unspecified atom stereocenters. The summed E-state index contributed by atoms with van der Waals surface area (Å²) in [4.78, 5) is 33.4. The van der Waals surface area contributed by atoms with Gasteiger partial charge < -0.3 is 20.7 Å². The van der Waals surface area contributed by atoms with Crippen LogP contribution in [0, 0.1) is 0 Å². The van der Waals surface area contributed by atoms with Gasteiger partial charge in [-0.25, -0.2) is 4.98 Å². The van der Waals surface area contributed by atoms with Gasteiger partial charge in [0, 0.05) is 18.8 Å². The maximum absolute atomic E-state index is 13.0. The van der Waals surface area contributed by atoms with Crippen LogP contribution in [0.1, 0.15) is 21.6 Å². The van der Waals surface area contributed by atoms with Gasteiger partial charge in [0.05, 0.1) is 12.1 Å². The van der Waals surface area contributed by atoms with Crippen LogP contribution in [0.4, 0.5) is 0 Å². The molecule has 1 heterocycles. The number of nitrogens with one attached hydrogen (secondary N) is 2. The summed E-state index contributed by atoms with van der Waals surface area (Å²) in [5.74, 6) is -2.02. The van der Waals surface area contributed by atoms with E-state index in [0.717, 1.165) is 11.1 Å². The molecule has 0 aliphatic rings. The highest BCUT2D eigenvalue weighted by Gasteiger charge is 2.30. The van der Waals surface area contributed by atoms with E-state index in [4.69, 9.17) is 0 Å². The second-order valence-electron chi connectivity index (χ2n) is 7.02. The van der Waals surface area contributed by atoms with Crippen LogP contribution < -0.4 is 10.6 Å². The van der Waals surface area contributed by atoms with Crippen molar-refractivity contribution in [1.82, 2.24) is 20.6 Å². The number of nitrogens with zero attached hydrogens (tertiary/aromatic N) is 2. The van der Waals surface area contributed by atoms with E-state index in [1.165, 1.54) is 18.6 Å². The molecule has 2 atom stereocenters. The minimum atomic E-state index is -1.77. The second kappa shape index (κ2) is 11.0. The van der Waals surface area contributed by atoms with Gasteiger partial charge in [-0.2, -0.15) is 0 Å². The van der Waals surface area contributed by atoms with Gasteiger partial charge in [-0.05, 0) is 17.5 Å². The topological polar surface area (TPSA) is 124 Å². The SMILES string of the molecule is O=C(NC(Cc1ccccc1)C(=O)NC(Cc1ccccc1)B(O)O)c1cnccn1. The molecule has 3 rings (SSSR count). The molecular formula is C22H23BN4O4. The van der Waals surface area contributed by atoms with Crippen LogP contribution >= 0.6 is 0 Å². The summed E-state index contributed by atoms with van der Waals surface area (Å²) in [6, 6.07) is 17.4. The van der Waals surface area contributed by atoms with Crippen molar-refractivity contribution in [2.24, 2.45) is 0 Å². The lowest BCUT2D eigenvalue weighted by Gasteiger charge is -2.23. The van der Waals surface area contributed by atoms with E-state index < -0.39 is 30.9 Å². The summed E-state index contributed by atoms with van der Waals surface area (Å²) in [6.07, 6.45) is 4.59. The minimum Gasteiger partial charge on any atom is -0.426 e. The number of aromatic nitrogens is 2. The highest BCUT2D eigenvalue weighted by atomic mass is 16.4. The molecule has 3 aromatic rings. The molecule has 0 aliphatic heterocycles. The zero-order valence-electron chi connectivity index (χ0n) is 16.8. The quantitative estimate of drug-likeness (QED) is 0.377. The van der Waals surface area contributed by atoms with E-state index in [1.807, 2.05) is 60.7 Å². The predicted octanol–water partition coefficient (Wildman–Crippen LogP) is 0.557. The summed E-state index contributed by atoms with van der Waals surface area (Å²) in [7, 11) is -1.77. The Kier molecular flexibility index (Phi) is 7.86. The molecule has 0 saturated carbocycles. The third kappa shape index (κ3) is 6.73. The summed E-state index contributed by atoms with van der Waals surface area (Å²) in [6.45, 7) is 0. The fraction of sp³-hybridized carbons (Fsp3) is 0.182. The van der Waals surface area contributed by atoms with Crippen LogP contribution in [0.15, 0.2) is 79.3 Å². The Hall–Kier alpha value is -3.56. The van der Waals surface area contributed by atoms with E-state index in [9.17, 15) is 19.6 Å². The van der Waals surface area contributed by atoms with Crippen molar-refractivity contribution >= 4 is 18.9 Å². The second-order valence-corrected chi connectivity index (χ2v) is 7.02. The van der Waals surface area contributed by atoms with Crippen LogP contribution in [0.2, 0.25) is 0 Å². The first-order valence-corrected chi connectivity index (χ1v) is 9.84. The smallest absolute Gasteiger partial charge is 0.426 e. The molecule has 0 bridgehead atoms. The Labute approximate surface area is 180 Å². The van der Waals surface area contributed by atoms with E-state index >= 15 is 0 Å². The van der Waals surface area contributed by atoms with Crippen molar-refractivity contribution in [2.45, 2.75) is 24.8 Å². The van der Waals surface area contributed by atoms with E-state index in [-0.39, 0.29) is 18.5 Å². The van der Waals surface area contributed by atoms with E-state index in [2.05, 4.69) is 20.6 Å². The number of rotatable bonds is 9. The highest BCUT2D eigenvalue weighted by molar-refractivity contribution is 6.43. The molecule has 8 nitrogen and oxygen atoms in total. The number of hydrogen-bond acceptors (Lipinski definition) is 6. The molecule has 0 aliphatic carbocycles. The van der Waals surface area contributed by atoms with Crippen molar-refractivity contribution < 1.29 is 19.6 Å². The molecule has 0 spiro atoms. The molecule has 2 amide bonds. The number of carbonyl (C=O) groups is 2. The molecule has 9 heteroatoms. The number of carbonyl (C=O) groups excluding carboxylic acids is 2. The van der Waals surface area contributed by atoms with Gasteiger partial charge in [-0.1, -0.05) is 60.7 Å². The molecule has 1 aromatic heterocycles. The van der Waals surface area contributed by atoms with Crippen LogP contribution in [0.3, 0.4) is 0 Å². The maximum atomic E-state index is 13.0. The molecule has 4 N–H and O–H groups in total. The van der Waals surface area contributed by atoms with Gasteiger partial charge in [0.15, 0.2) is 0 Å². The molecule has 0 saturated heterocycles. The largest absolute Gasteiger partial charge is 0.475 e. The third-order valence-corrected chi connectivity index (χ3v) is 4.69. The van der Waals surface area contributed by atoms with E-state index in [1.54, 1.807) is 0 Å². The third-order valence-electron chi connectivity index (χ3n) is 4.69. The van der Waals surface area contributed by atoms with Gasteiger partial charge in [-0.3, -0.25) is 14.6 Å². The Morgan fingerprint density at radius 2 is 1.48 bits per heavy atom. The summed E-state index contributed by atoms with van der Waals surface area (Å²) < 4.78 is 0. The average molecular weight is 418 g/mol. The Balaban J connectivity index is 1.76. The fourth-order valence-electron chi connectivity index (χ4n) is 3.09. The van der Waals surface area contributed by atoms with Crippen molar-refractivity contribution in [3.63, 3.8) is 0 Å². The first-order chi connectivity index (χ1) is 15.0. The molecule has 158 valence electrons. The molecule has 0 fully saturated rings. The number of amides is 2. The van der Waals surface area contributed by atoms with Crippen LogP contribution in [0.5, 0.6) is 0 Å². The van der Waals surface area contributed by atoms with Crippen molar-refractivity contribution in [2.75, 3.05) is 0 Å². The minimum absolute atomic E-state index is 0.0800. The van der Waals surface area contributed by atoms with Crippen LogP contribution in [0.25, 0.3) is 0 Å². The first-order valence-electron chi connectivity index (χ1n) is 9.84. The molecular weight excluding hydrogens is 395 g/mol. The van der Waals surface area contributed by atoms with Crippen LogP contribution in [-0.4, -0.2) is 50.9 Å². The van der Waals surface area contributed by atoms with E-state index in [0.29, 0.717) is 0 Å². The van der Waals surface area contributed by atoms with Gasteiger partial charge in [0.25, 0.3) is 5.91 Å². The zero-order valence-corrected chi connectivity index (χ0v) is 16.8. The predicted molar refractivity (Wildman–Crippen MR) is 116 cm³/mol. The Morgan fingerprint density at radius 3 is 2.03 bits per heavy atom. The highest BCUT2D eigenvalue weighted by Crippen LogP contribution is 2.08. The first kappa shape index (κ1) is 22.1. The molecule has 31 heavy (non-hydrogen) atoms. The standard InChI is InChI=1S/C22H23BN4O4/c28-21(27-20(23(30)31)14-17-9-5-2-6-10-17)18(13-16-7-3-1-4-8-16)26-22(29)19-15-24-11-12-25-19/h1-12,15,18,20,30-31H,13-14H2,(H,26,29)(H,27,28). The molecule has 0 radical (unpaired) electrons. The lowest BCUT2D eigenvalue weighted by atomic mass is 9.75. The van der Waals surface area contributed by atoms with Gasteiger partial charge in [0.2, 0.25) is 5.91 Å². The fourth-order valence-corrected chi connectivity index (χ4v) is 3.09. The monoisotopic (exact) mass is 418 g/mol. The number of benzene rings is 2. The van der Waals surface area contributed by atoms with Gasteiger partial charge >= 0.3 is 7.12 Å². The Morgan fingerprint density at radius 1 is 0.871 bits per heavy atom. The maximum Gasteiger partial charge on any atom is 0.475 e. The van der Waals surface area contributed by atoms with Crippen molar-refractivity contribution in [1.29, 1.82) is 0 Å². The average Bonchev–Trinajstić information content (AvgIpc) is 2.80. The van der Waals surface area contributed by atoms with Crippen molar-refractivity contribution in [3.05, 3.63) is 96.1 Å². The summed E-state index contributed by atoms with van der Waals surface area (Å²) in [5, 5.41) is 24.9. The number of hydrogen-bond donors (Lipinski definition) is 4.